The number of hydrogen-bond acceptors (Lipinski definition) is 2. The van der Waals surface area contributed by atoms with Gasteiger partial charge in [0.15, 0.2) is 5.92 Å². The molecule has 0 bridgehead atoms. The molecule has 0 aromatic carbocycles. The van der Waals surface area contributed by atoms with Crippen LogP contribution in [0.3, 0.4) is 0 Å². The third-order valence-electron chi connectivity index (χ3n) is 1.18. The van der Waals surface area contributed by atoms with Gasteiger partial charge in [0, 0.05) is 6.61 Å². The second-order valence-electron chi connectivity index (χ2n) is 2.30. The number of rotatable bonds is 4. The van der Waals surface area contributed by atoms with Gasteiger partial charge in [0.05, 0.1) is 12.7 Å². The van der Waals surface area contributed by atoms with Crippen molar-refractivity contribution in [1.29, 1.82) is 5.26 Å². The van der Waals surface area contributed by atoms with Gasteiger partial charge >= 0.3 is 6.18 Å². The minimum absolute atomic E-state index is 0.258. The standard InChI is InChI=1S/C7H10F3NO/c1-2-3-12-5-6(4-11)7(8,9)10/h6H,2-3,5H2,1H3. The Morgan fingerprint density at radius 1 is 1.50 bits per heavy atom. The van der Waals surface area contributed by atoms with Gasteiger partial charge in [0.2, 0.25) is 0 Å². The van der Waals surface area contributed by atoms with Crippen LogP contribution < -0.4 is 0 Å². The summed E-state index contributed by atoms with van der Waals surface area (Å²) in [5.41, 5.74) is 0. The maximum absolute atomic E-state index is 11.8. The summed E-state index contributed by atoms with van der Waals surface area (Å²) in [5.74, 6) is -2.00. The summed E-state index contributed by atoms with van der Waals surface area (Å²) < 4.78 is 40.2. The number of halogens is 3. The van der Waals surface area contributed by atoms with Crippen molar-refractivity contribution in [3.63, 3.8) is 0 Å². The van der Waals surface area contributed by atoms with Gasteiger partial charge in [0.25, 0.3) is 0 Å². The summed E-state index contributed by atoms with van der Waals surface area (Å²) in [6.07, 6.45) is -3.82. The molecule has 1 atom stereocenters. The van der Waals surface area contributed by atoms with E-state index in [1.165, 1.54) is 0 Å². The van der Waals surface area contributed by atoms with Gasteiger partial charge in [-0.2, -0.15) is 18.4 Å². The lowest BCUT2D eigenvalue weighted by Crippen LogP contribution is -2.26. The minimum atomic E-state index is -4.47. The average molecular weight is 181 g/mol. The molecule has 0 aliphatic rings. The quantitative estimate of drug-likeness (QED) is 0.622. The van der Waals surface area contributed by atoms with E-state index in [1.54, 1.807) is 6.92 Å². The number of hydrogen-bond donors (Lipinski definition) is 0. The maximum atomic E-state index is 11.8. The van der Waals surface area contributed by atoms with Gasteiger partial charge in [-0.1, -0.05) is 6.92 Å². The number of ether oxygens (including phenoxy) is 1. The van der Waals surface area contributed by atoms with Gasteiger partial charge in [0.1, 0.15) is 0 Å². The van der Waals surface area contributed by atoms with E-state index in [-0.39, 0.29) is 6.61 Å². The predicted octanol–water partition coefficient (Wildman–Crippen LogP) is 2.12. The molecule has 0 spiro atoms. The lowest BCUT2D eigenvalue weighted by Gasteiger charge is -2.12. The highest BCUT2D eigenvalue weighted by molar-refractivity contribution is 4.87. The summed E-state index contributed by atoms with van der Waals surface area (Å²) in [6.45, 7) is 1.48. The van der Waals surface area contributed by atoms with Crippen LogP contribution in [0.1, 0.15) is 13.3 Å². The van der Waals surface area contributed by atoms with Gasteiger partial charge < -0.3 is 4.74 Å². The molecule has 0 radical (unpaired) electrons. The molecule has 0 saturated heterocycles. The molecule has 70 valence electrons. The Morgan fingerprint density at radius 3 is 2.42 bits per heavy atom. The number of alkyl halides is 3. The topological polar surface area (TPSA) is 33.0 Å². The van der Waals surface area contributed by atoms with Crippen LogP contribution in [0.25, 0.3) is 0 Å². The Bertz CT molecular complexity index is 161. The molecule has 0 amide bonds. The molecule has 1 unspecified atom stereocenters. The first-order valence-corrected chi connectivity index (χ1v) is 3.56. The van der Waals surface area contributed by atoms with E-state index in [1.807, 2.05) is 0 Å². The first kappa shape index (κ1) is 11.2. The zero-order chi connectivity index (χ0) is 9.61. The molecule has 0 heterocycles. The second-order valence-corrected chi connectivity index (χ2v) is 2.30. The van der Waals surface area contributed by atoms with Crippen LogP contribution in [0.2, 0.25) is 0 Å². The van der Waals surface area contributed by atoms with Crippen molar-refractivity contribution in [3.8, 4) is 6.07 Å². The van der Waals surface area contributed by atoms with Gasteiger partial charge in [-0.05, 0) is 6.42 Å². The fraction of sp³-hybridized carbons (Fsp3) is 0.857. The lowest BCUT2D eigenvalue weighted by atomic mass is 10.2. The molecule has 12 heavy (non-hydrogen) atoms. The summed E-state index contributed by atoms with van der Waals surface area (Å²) >= 11 is 0. The molecule has 0 fully saturated rings. The third kappa shape index (κ3) is 4.19. The monoisotopic (exact) mass is 181 g/mol. The normalized spacial score (nSPS) is 13.9. The van der Waals surface area contributed by atoms with Crippen LogP contribution in [-0.4, -0.2) is 19.4 Å². The van der Waals surface area contributed by atoms with E-state index in [2.05, 4.69) is 4.74 Å². The van der Waals surface area contributed by atoms with E-state index in [0.717, 1.165) is 6.07 Å². The van der Waals surface area contributed by atoms with Crippen LogP contribution in [-0.2, 0) is 4.74 Å². The Morgan fingerprint density at radius 2 is 2.08 bits per heavy atom. The number of nitriles is 1. The van der Waals surface area contributed by atoms with Crippen LogP contribution in [0.5, 0.6) is 0 Å². The van der Waals surface area contributed by atoms with Crippen LogP contribution in [0.4, 0.5) is 13.2 Å². The van der Waals surface area contributed by atoms with Crippen LogP contribution >= 0.6 is 0 Å². The summed E-state index contributed by atoms with van der Waals surface area (Å²) in [4.78, 5) is 0. The molecular weight excluding hydrogens is 171 g/mol. The van der Waals surface area contributed by atoms with E-state index in [4.69, 9.17) is 5.26 Å². The molecule has 0 N–H and O–H groups in total. The van der Waals surface area contributed by atoms with Crippen molar-refractivity contribution in [2.24, 2.45) is 5.92 Å². The smallest absolute Gasteiger partial charge is 0.380 e. The van der Waals surface area contributed by atoms with Gasteiger partial charge in [-0.3, -0.25) is 0 Å². The highest BCUT2D eigenvalue weighted by atomic mass is 19.4. The zero-order valence-electron chi connectivity index (χ0n) is 6.69. The second kappa shape index (κ2) is 4.99. The van der Waals surface area contributed by atoms with Crippen molar-refractivity contribution >= 4 is 0 Å². The molecule has 2 nitrogen and oxygen atoms in total. The van der Waals surface area contributed by atoms with Crippen molar-refractivity contribution in [2.45, 2.75) is 19.5 Å². The number of nitrogens with zero attached hydrogens (tertiary/aromatic N) is 1. The van der Waals surface area contributed by atoms with Crippen molar-refractivity contribution < 1.29 is 17.9 Å². The summed E-state index contributed by atoms with van der Waals surface area (Å²) in [7, 11) is 0. The molecule has 0 aliphatic heterocycles. The molecule has 0 aliphatic carbocycles. The Hall–Kier alpha value is -0.760. The Kier molecular flexibility index (Phi) is 4.67. The minimum Gasteiger partial charge on any atom is -0.380 e. The van der Waals surface area contributed by atoms with E-state index >= 15 is 0 Å². The van der Waals surface area contributed by atoms with E-state index in [0.29, 0.717) is 6.42 Å². The largest absolute Gasteiger partial charge is 0.406 e. The highest BCUT2D eigenvalue weighted by Crippen LogP contribution is 2.25. The first-order valence-electron chi connectivity index (χ1n) is 3.56. The van der Waals surface area contributed by atoms with E-state index in [9.17, 15) is 13.2 Å². The van der Waals surface area contributed by atoms with Crippen LogP contribution in [0.15, 0.2) is 0 Å². The van der Waals surface area contributed by atoms with Crippen LogP contribution in [0, 0.1) is 17.2 Å². The Labute approximate surface area is 68.9 Å². The van der Waals surface area contributed by atoms with Crippen molar-refractivity contribution in [3.05, 3.63) is 0 Å². The molecule has 5 heteroatoms. The zero-order valence-corrected chi connectivity index (χ0v) is 6.69. The molecule has 0 aromatic rings. The van der Waals surface area contributed by atoms with Gasteiger partial charge in [-0.15, -0.1) is 0 Å². The van der Waals surface area contributed by atoms with Crippen molar-refractivity contribution in [2.75, 3.05) is 13.2 Å². The maximum Gasteiger partial charge on any atom is 0.406 e. The van der Waals surface area contributed by atoms with Crippen molar-refractivity contribution in [1.82, 2.24) is 0 Å². The highest BCUT2D eigenvalue weighted by Gasteiger charge is 2.39. The lowest BCUT2D eigenvalue weighted by molar-refractivity contribution is -0.171. The summed E-state index contributed by atoms with van der Waals surface area (Å²) in [5, 5.41) is 8.11. The first-order chi connectivity index (χ1) is 5.52. The molecular formula is C7H10F3NO. The SMILES string of the molecule is CCCOCC(C#N)C(F)(F)F. The molecule has 0 rings (SSSR count). The average Bonchev–Trinajstić information content (AvgIpc) is 1.95. The van der Waals surface area contributed by atoms with E-state index < -0.39 is 18.7 Å². The van der Waals surface area contributed by atoms with Gasteiger partial charge in [-0.25, -0.2) is 0 Å². The third-order valence-corrected chi connectivity index (χ3v) is 1.18. The summed E-state index contributed by atoms with van der Waals surface area (Å²) in [6, 6.07) is 1.15. The molecule has 0 aromatic heterocycles. The predicted molar refractivity (Wildman–Crippen MR) is 36.3 cm³/mol. The fourth-order valence-electron chi connectivity index (χ4n) is 0.550. The molecule has 0 saturated carbocycles. The Balaban J connectivity index is 3.79. The fourth-order valence-corrected chi connectivity index (χ4v) is 0.550.